The van der Waals surface area contributed by atoms with E-state index in [0.29, 0.717) is 13.1 Å². The molecule has 0 aromatic heterocycles. The molecule has 0 bridgehead atoms. The van der Waals surface area contributed by atoms with Crippen molar-refractivity contribution in [2.75, 3.05) is 13.7 Å². The van der Waals surface area contributed by atoms with Crippen LogP contribution in [0, 0.1) is 5.92 Å². The van der Waals surface area contributed by atoms with Crippen LogP contribution in [-0.4, -0.2) is 30.5 Å². The van der Waals surface area contributed by atoms with E-state index in [0.717, 1.165) is 17.7 Å². The molecule has 1 rings (SSSR count). The van der Waals surface area contributed by atoms with Gasteiger partial charge in [-0.2, -0.15) is 0 Å². The van der Waals surface area contributed by atoms with E-state index in [-0.39, 0.29) is 11.8 Å². The Morgan fingerprint density at radius 1 is 1.30 bits per heavy atom. The number of amides is 1. The zero-order chi connectivity index (χ0) is 15.1. The largest absolute Gasteiger partial charge is 0.497 e. The van der Waals surface area contributed by atoms with Crippen LogP contribution in [0.25, 0.3) is 0 Å². The smallest absolute Gasteiger partial charge is 0.240 e. The van der Waals surface area contributed by atoms with Gasteiger partial charge in [0.2, 0.25) is 5.91 Å². The van der Waals surface area contributed by atoms with Crippen molar-refractivity contribution in [3.8, 4) is 5.75 Å². The van der Waals surface area contributed by atoms with Crippen molar-refractivity contribution >= 4 is 5.91 Å². The highest BCUT2D eigenvalue weighted by Crippen LogP contribution is 2.15. The minimum atomic E-state index is -0.418. The van der Waals surface area contributed by atoms with E-state index in [1.54, 1.807) is 12.0 Å². The van der Waals surface area contributed by atoms with Gasteiger partial charge < -0.3 is 15.4 Å². The molecular formula is C16H26N2O2. The van der Waals surface area contributed by atoms with Crippen LogP contribution < -0.4 is 10.5 Å². The average molecular weight is 278 g/mol. The van der Waals surface area contributed by atoms with Gasteiger partial charge in [-0.25, -0.2) is 0 Å². The molecule has 20 heavy (non-hydrogen) atoms. The molecule has 0 aliphatic carbocycles. The number of benzene rings is 1. The number of likely N-dealkylation sites (N-methyl/N-ethyl adjacent to an activating group) is 1. The summed E-state index contributed by atoms with van der Waals surface area (Å²) in [7, 11) is 1.64. The van der Waals surface area contributed by atoms with E-state index < -0.39 is 6.04 Å². The number of hydrogen-bond donors (Lipinski definition) is 1. The number of hydrogen-bond acceptors (Lipinski definition) is 3. The summed E-state index contributed by atoms with van der Waals surface area (Å²) in [5.41, 5.74) is 7.12. The molecule has 2 unspecified atom stereocenters. The monoisotopic (exact) mass is 278 g/mol. The van der Waals surface area contributed by atoms with Crippen molar-refractivity contribution < 1.29 is 9.53 Å². The highest BCUT2D eigenvalue weighted by atomic mass is 16.5. The lowest BCUT2D eigenvalue weighted by Crippen LogP contribution is -2.46. The Bertz CT molecular complexity index is 417. The molecule has 4 nitrogen and oxygen atoms in total. The first-order chi connectivity index (χ1) is 9.53. The Kier molecular flexibility index (Phi) is 6.52. The maximum absolute atomic E-state index is 12.4. The van der Waals surface area contributed by atoms with Gasteiger partial charge in [0.05, 0.1) is 13.2 Å². The molecule has 2 atom stereocenters. The Balaban J connectivity index is 2.72. The molecule has 0 spiro atoms. The molecule has 0 fully saturated rings. The second-order valence-corrected chi connectivity index (χ2v) is 5.11. The summed E-state index contributed by atoms with van der Waals surface area (Å²) in [5, 5.41) is 0. The van der Waals surface area contributed by atoms with Crippen molar-refractivity contribution in [1.82, 2.24) is 4.90 Å². The van der Waals surface area contributed by atoms with Gasteiger partial charge in [-0.15, -0.1) is 0 Å². The third-order valence-corrected chi connectivity index (χ3v) is 3.77. The maximum Gasteiger partial charge on any atom is 0.240 e. The quantitative estimate of drug-likeness (QED) is 0.833. The summed E-state index contributed by atoms with van der Waals surface area (Å²) in [6.07, 6.45) is 0.910. The first kappa shape index (κ1) is 16.5. The minimum absolute atomic E-state index is 0.0256. The third-order valence-electron chi connectivity index (χ3n) is 3.77. The lowest BCUT2D eigenvalue weighted by Gasteiger charge is -2.27. The first-order valence-electron chi connectivity index (χ1n) is 7.20. The van der Waals surface area contributed by atoms with Crippen molar-refractivity contribution in [2.24, 2.45) is 11.7 Å². The van der Waals surface area contributed by atoms with E-state index in [1.807, 2.05) is 38.1 Å². The van der Waals surface area contributed by atoms with Crippen LogP contribution in [-0.2, 0) is 11.3 Å². The second-order valence-electron chi connectivity index (χ2n) is 5.11. The fraction of sp³-hybridized carbons (Fsp3) is 0.562. The molecule has 112 valence electrons. The summed E-state index contributed by atoms with van der Waals surface area (Å²) in [4.78, 5) is 14.2. The predicted molar refractivity (Wildman–Crippen MR) is 81.5 cm³/mol. The molecule has 1 aromatic rings. The van der Waals surface area contributed by atoms with Gasteiger partial charge in [-0.1, -0.05) is 32.4 Å². The molecular weight excluding hydrogens is 252 g/mol. The van der Waals surface area contributed by atoms with Gasteiger partial charge in [0.25, 0.3) is 0 Å². The number of carbonyl (C=O) groups is 1. The minimum Gasteiger partial charge on any atom is -0.497 e. The van der Waals surface area contributed by atoms with Crippen molar-refractivity contribution in [3.63, 3.8) is 0 Å². The lowest BCUT2D eigenvalue weighted by atomic mass is 9.98. The Morgan fingerprint density at radius 2 is 1.90 bits per heavy atom. The summed E-state index contributed by atoms with van der Waals surface area (Å²) in [5.74, 6) is 1.05. The highest BCUT2D eigenvalue weighted by molar-refractivity contribution is 5.81. The van der Waals surface area contributed by atoms with Crippen LogP contribution in [0.4, 0.5) is 0 Å². The first-order valence-corrected chi connectivity index (χ1v) is 7.20. The zero-order valence-electron chi connectivity index (χ0n) is 12.9. The van der Waals surface area contributed by atoms with Crippen LogP contribution in [0.15, 0.2) is 24.3 Å². The van der Waals surface area contributed by atoms with Crippen molar-refractivity contribution in [3.05, 3.63) is 29.8 Å². The number of nitrogens with zero attached hydrogens (tertiary/aromatic N) is 1. The number of rotatable bonds is 7. The topological polar surface area (TPSA) is 55.6 Å². The molecule has 0 saturated heterocycles. The number of ether oxygens (including phenoxy) is 1. The Morgan fingerprint density at radius 3 is 2.35 bits per heavy atom. The number of nitrogens with two attached hydrogens (primary N) is 1. The van der Waals surface area contributed by atoms with Gasteiger partial charge >= 0.3 is 0 Å². The van der Waals surface area contributed by atoms with E-state index in [2.05, 4.69) is 6.92 Å². The van der Waals surface area contributed by atoms with Crippen LogP contribution in [0.5, 0.6) is 5.75 Å². The summed E-state index contributed by atoms with van der Waals surface area (Å²) in [6, 6.07) is 7.34. The fourth-order valence-corrected chi connectivity index (χ4v) is 2.01. The van der Waals surface area contributed by atoms with E-state index >= 15 is 0 Å². The van der Waals surface area contributed by atoms with Crippen LogP contribution in [0.2, 0.25) is 0 Å². The van der Waals surface area contributed by atoms with Gasteiger partial charge in [0.1, 0.15) is 5.75 Å². The molecule has 4 heteroatoms. The standard InChI is InChI=1S/C16H26N2O2/c1-5-12(3)15(17)16(19)18(6-2)11-13-7-9-14(20-4)10-8-13/h7-10,12,15H,5-6,11,17H2,1-4H3. The fourth-order valence-electron chi connectivity index (χ4n) is 2.01. The second kappa shape index (κ2) is 7.90. The van der Waals surface area contributed by atoms with Crippen molar-refractivity contribution in [1.29, 1.82) is 0 Å². The molecule has 0 aliphatic heterocycles. The Labute approximate surface area is 121 Å². The van der Waals surface area contributed by atoms with Gasteiger partial charge in [-0.05, 0) is 30.5 Å². The van der Waals surface area contributed by atoms with Crippen LogP contribution in [0.3, 0.4) is 0 Å². The summed E-state index contributed by atoms with van der Waals surface area (Å²) in [6.45, 7) is 7.30. The molecule has 1 aromatic carbocycles. The van der Waals surface area contributed by atoms with Crippen LogP contribution >= 0.6 is 0 Å². The molecule has 1 amide bonds. The summed E-state index contributed by atoms with van der Waals surface area (Å²) < 4.78 is 5.13. The van der Waals surface area contributed by atoms with E-state index in [1.165, 1.54) is 0 Å². The highest BCUT2D eigenvalue weighted by Gasteiger charge is 2.24. The maximum atomic E-state index is 12.4. The normalized spacial score (nSPS) is 13.7. The molecule has 0 saturated carbocycles. The molecule has 0 aliphatic rings. The molecule has 2 N–H and O–H groups in total. The van der Waals surface area contributed by atoms with Crippen molar-refractivity contribution in [2.45, 2.75) is 39.8 Å². The zero-order valence-corrected chi connectivity index (χ0v) is 12.9. The molecule has 0 heterocycles. The van der Waals surface area contributed by atoms with Gasteiger partial charge in [0.15, 0.2) is 0 Å². The van der Waals surface area contributed by atoms with E-state index in [9.17, 15) is 4.79 Å². The van der Waals surface area contributed by atoms with E-state index in [4.69, 9.17) is 10.5 Å². The SMILES string of the molecule is CCC(C)C(N)C(=O)N(CC)Cc1ccc(OC)cc1. The third kappa shape index (κ3) is 4.23. The molecule has 0 radical (unpaired) electrons. The van der Waals surface area contributed by atoms with Gasteiger partial charge in [-0.3, -0.25) is 4.79 Å². The lowest BCUT2D eigenvalue weighted by molar-refractivity contribution is -0.134. The summed E-state index contributed by atoms with van der Waals surface area (Å²) >= 11 is 0. The van der Waals surface area contributed by atoms with Gasteiger partial charge in [0, 0.05) is 13.1 Å². The number of methoxy groups -OCH3 is 1. The predicted octanol–water partition coefficient (Wildman–Crippen LogP) is 2.42. The average Bonchev–Trinajstić information content (AvgIpc) is 2.50. The Hall–Kier alpha value is -1.55. The van der Waals surface area contributed by atoms with Crippen LogP contribution in [0.1, 0.15) is 32.8 Å². The number of carbonyl (C=O) groups excluding carboxylic acids is 1.